The van der Waals surface area contributed by atoms with Crippen molar-refractivity contribution >= 4 is 12.0 Å². The Morgan fingerprint density at radius 1 is 1.27 bits per heavy atom. The molecular weight excluding hydrogens is 330 g/mol. The second kappa shape index (κ2) is 7.66. The number of carboxylic acids is 1. The molecular formula is C20H29N3O3. The Kier molecular flexibility index (Phi) is 5.51. The van der Waals surface area contributed by atoms with Crippen LogP contribution in [-0.4, -0.2) is 59.1 Å². The quantitative estimate of drug-likeness (QED) is 0.846. The second-order valence-electron chi connectivity index (χ2n) is 7.77. The number of benzene rings is 1. The highest BCUT2D eigenvalue weighted by molar-refractivity contribution is 5.79. The predicted octanol–water partition coefficient (Wildman–Crippen LogP) is 2.33. The lowest BCUT2D eigenvalue weighted by Gasteiger charge is -2.35. The number of urea groups is 1. The highest BCUT2D eigenvalue weighted by Crippen LogP contribution is 2.30. The second-order valence-corrected chi connectivity index (χ2v) is 7.77. The van der Waals surface area contributed by atoms with Crippen LogP contribution in [0.15, 0.2) is 24.3 Å². The smallest absolute Gasteiger partial charge is 0.317 e. The van der Waals surface area contributed by atoms with Crippen LogP contribution in [0.2, 0.25) is 0 Å². The van der Waals surface area contributed by atoms with Gasteiger partial charge in [-0.1, -0.05) is 31.2 Å². The van der Waals surface area contributed by atoms with Gasteiger partial charge in [-0.05, 0) is 37.3 Å². The summed E-state index contributed by atoms with van der Waals surface area (Å²) in [6.45, 7) is 7.16. The normalized spacial score (nSPS) is 24.2. The molecule has 2 heterocycles. The van der Waals surface area contributed by atoms with Crippen molar-refractivity contribution in [2.75, 3.05) is 26.2 Å². The maximum Gasteiger partial charge on any atom is 0.317 e. The number of rotatable bonds is 5. The van der Waals surface area contributed by atoms with E-state index in [-0.39, 0.29) is 12.6 Å². The third kappa shape index (κ3) is 3.85. The van der Waals surface area contributed by atoms with Gasteiger partial charge >= 0.3 is 12.0 Å². The minimum absolute atomic E-state index is 0.147. The SMILES string of the molecule is CCC(CNC(=O)N1CCC(C)(C(=O)O)C1)N1CCc2ccccc2C1. The van der Waals surface area contributed by atoms with Gasteiger partial charge in [0.15, 0.2) is 0 Å². The molecule has 0 radical (unpaired) electrons. The molecule has 0 spiro atoms. The van der Waals surface area contributed by atoms with E-state index < -0.39 is 11.4 Å². The molecule has 1 aromatic carbocycles. The molecule has 2 aliphatic heterocycles. The van der Waals surface area contributed by atoms with Crippen LogP contribution < -0.4 is 5.32 Å². The van der Waals surface area contributed by atoms with E-state index in [0.29, 0.717) is 25.6 Å². The summed E-state index contributed by atoms with van der Waals surface area (Å²) in [4.78, 5) is 27.9. The van der Waals surface area contributed by atoms with E-state index in [1.54, 1.807) is 11.8 Å². The van der Waals surface area contributed by atoms with Crippen molar-refractivity contribution in [3.8, 4) is 0 Å². The van der Waals surface area contributed by atoms with Gasteiger partial charge in [-0.3, -0.25) is 9.69 Å². The standard InChI is InChI=1S/C20H29N3O3/c1-3-17(22-10-8-15-6-4-5-7-16(15)13-22)12-21-19(26)23-11-9-20(2,14-23)18(24)25/h4-7,17H,3,8-14H2,1-2H3,(H,21,26)(H,24,25). The Labute approximate surface area is 155 Å². The Bertz CT molecular complexity index is 678. The number of likely N-dealkylation sites (tertiary alicyclic amines) is 1. The summed E-state index contributed by atoms with van der Waals surface area (Å²) < 4.78 is 0. The molecule has 0 saturated carbocycles. The molecule has 2 atom stereocenters. The van der Waals surface area contributed by atoms with Crippen LogP contribution in [0.3, 0.4) is 0 Å². The minimum Gasteiger partial charge on any atom is -0.481 e. The van der Waals surface area contributed by atoms with Crippen molar-refractivity contribution in [3.63, 3.8) is 0 Å². The van der Waals surface area contributed by atoms with E-state index in [1.165, 1.54) is 11.1 Å². The number of fused-ring (bicyclic) bond motifs is 1. The maximum atomic E-state index is 12.5. The zero-order valence-electron chi connectivity index (χ0n) is 15.7. The van der Waals surface area contributed by atoms with Crippen LogP contribution in [-0.2, 0) is 17.8 Å². The Hall–Kier alpha value is -2.08. The Balaban J connectivity index is 1.53. The Morgan fingerprint density at radius 3 is 2.65 bits per heavy atom. The molecule has 1 fully saturated rings. The molecule has 6 heteroatoms. The monoisotopic (exact) mass is 359 g/mol. The van der Waals surface area contributed by atoms with E-state index in [1.807, 2.05) is 0 Å². The van der Waals surface area contributed by atoms with Gasteiger partial charge in [0.25, 0.3) is 0 Å². The zero-order valence-corrected chi connectivity index (χ0v) is 15.7. The van der Waals surface area contributed by atoms with Gasteiger partial charge in [0, 0.05) is 38.8 Å². The average Bonchev–Trinajstić information content (AvgIpc) is 3.06. The van der Waals surface area contributed by atoms with Crippen molar-refractivity contribution in [1.82, 2.24) is 15.1 Å². The number of nitrogens with one attached hydrogen (secondary N) is 1. The van der Waals surface area contributed by atoms with Crippen LogP contribution in [0.5, 0.6) is 0 Å². The fourth-order valence-corrected chi connectivity index (χ4v) is 3.99. The number of nitrogens with zero attached hydrogens (tertiary/aromatic N) is 2. The van der Waals surface area contributed by atoms with Gasteiger partial charge < -0.3 is 15.3 Å². The first-order valence-corrected chi connectivity index (χ1v) is 9.50. The number of hydrogen-bond acceptors (Lipinski definition) is 3. The molecule has 2 N–H and O–H groups in total. The maximum absolute atomic E-state index is 12.5. The van der Waals surface area contributed by atoms with E-state index in [0.717, 1.165) is 25.9 Å². The Morgan fingerprint density at radius 2 is 2.00 bits per heavy atom. The lowest BCUT2D eigenvalue weighted by molar-refractivity contribution is -0.147. The van der Waals surface area contributed by atoms with Gasteiger partial charge in [-0.25, -0.2) is 4.79 Å². The van der Waals surface area contributed by atoms with E-state index in [9.17, 15) is 14.7 Å². The van der Waals surface area contributed by atoms with Crippen molar-refractivity contribution < 1.29 is 14.7 Å². The van der Waals surface area contributed by atoms with E-state index in [4.69, 9.17) is 0 Å². The summed E-state index contributed by atoms with van der Waals surface area (Å²) in [6.07, 6.45) is 2.52. The molecule has 2 unspecified atom stereocenters. The number of hydrogen-bond donors (Lipinski definition) is 2. The number of carbonyl (C=O) groups excluding carboxylic acids is 1. The average molecular weight is 359 g/mol. The molecule has 0 aromatic heterocycles. The highest BCUT2D eigenvalue weighted by atomic mass is 16.4. The van der Waals surface area contributed by atoms with Crippen LogP contribution in [0.4, 0.5) is 4.79 Å². The number of amides is 2. The third-order valence-corrected chi connectivity index (χ3v) is 5.91. The fourth-order valence-electron chi connectivity index (χ4n) is 3.99. The number of carboxylic acid groups (broad SMARTS) is 1. The van der Waals surface area contributed by atoms with Gasteiger partial charge in [0.2, 0.25) is 0 Å². The molecule has 0 bridgehead atoms. The molecule has 26 heavy (non-hydrogen) atoms. The fraction of sp³-hybridized carbons (Fsp3) is 0.600. The first kappa shape index (κ1) is 18.7. The third-order valence-electron chi connectivity index (χ3n) is 5.91. The molecule has 0 aliphatic carbocycles. The lowest BCUT2D eigenvalue weighted by atomic mass is 9.90. The van der Waals surface area contributed by atoms with Crippen molar-refractivity contribution in [1.29, 1.82) is 0 Å². The molecule has 2 amide bonds. The van der Waals surface area contributed by atoms with Gasteiger partial charge in [0.1, 0.15) is 0 Å². The van der Waals surface area contributed by atoms with Crippen molar-refractivity contribution in [3.05, 3.63) is 35.4 Å². The minimum atomic E-state index is -0.828. The zero-order chi connectivity index (χ0) is 18.7. The van der Waals surface area contributed by atoms with Crippen molar-refractivity contribution in [2.45, 2.75) is 45.7 Å². The van der Waals surface area contributed by atoms with Crippen LogP contribution in [0, 0.1) is 5.41 Å². The molecule has 2 aliphatic rings. The van der Waals surface area contributed by atoms with Crippen LogP contribution >= 0.6 is 0 Å². The first-order valence-electron chi connectivity index (χ1n) is 9.50. The summed E-state index contributed by atoms with van der Waals surface area (Å²) in [7, 11) is 0. The summed E-state index contributed by atoms with van der Waals surface area (Å²) >= 11 is 0. The summed E-state index contributed by atoms with van der Waals surface area (Å²) in [5.74, 6) is -0.828. The highest BCUT2D eigenvalue weighted by Gasteiger charge is 2.42. The molecule has 6 nitrogen and oxygen atoms in total. The van der Waals surface area contributed by atoms with Crippen LogP contribution in [0.25, 0.3) is 0 Å². The van der Waals surface area contributed by atoms with Crippen molar-refractivity contribution in [2.24, 2.45) is 5.41 Å². The van der Waals surface area contributed by atoms with Gasteiger partial charge in [-0.2, -0.15) is 0 Å². The van der Waals surface area contributed by atoms with E-state index >= 15 is 0 Å². The first-order chi connectivity index (χ1) is 12.4. The van der Waals surface area contributed by atoms with Gasteiger partial charge in [-0.15, -0.1) is 0 Å². The van der Waals surface area contributed by atoms with Gasteiger partial charge in [0.05, 0.1) is 5.41 Å². The largest absolute Gasteiger partial charge is 0.481 e. The molecule has 3 rings (SSSR count). The van der Waals surface area contributed by atoms with Crippen LogP contribution in [0.1, 0.15) is 37.8 Å². The molecule has 142 valence electrons. The van der Waals surface area contributed by atoms with E-state index in [2.05, 4.69) is 41.4 Å². The topological polar surface area (TPSA) is 72.9 Å². The number of aliphatic carboxylic acids is 1. The number of carbonyl (C=O) groups is 2. The molecule has 1 aromatic rings. The summed E-state index contributed by atoms with van der Waals surface area (Å²) in [6, 6.07) is 8.70. The molecule has 1 saturated heterocycles. The summed E-state index contributed by atoms with van der Waals surface area (Å²) in [5.41, 5.74) is 1.98. The lowest BCUT2D eigenvalue weighted by Crippen LogP contribution is -2.48. The summed E-state index contributed by atoms with van der Waals surface area (Å²) in [5, 5.41) is 12.3. The predicted molar refractivity (Wildman–Crippen MR) is 100.0 cm³/mol.